The summed E-state index contributed by atoms with van der Waals surface area (Å²) in [5.41, 5.74) is 1.12. The van der Waals surface area contributed by atoms with Crippen LogP contribution in [0, 0.1) is 5.92 Å². The summed E-state index contributed by atoms with van der Waals surface area (Å²) < 4.78 is 16.6. The number of hydrogen-bond acceptors (Lipinski definition) is 5. The standard InChI is InChI=1S/C18H28O4S/c1-12(16-13(2)23-18(3,4)17(19)22-16)10-21-11-14-6-8-15(20-5)9-7-14/h6-9,12-13,16-17,19H,10-11H2,1-5H3/t12-,13+,16-,17?/m0/s1. The van der Waals surface area contributed by atoms with Crippen LogP contribution in [-0.4, -0.2) is 41.2 Å². The first kappa shape index (κ1) is 18.6. The van der Waals surface area contributed by atoms with Crippen LogP contribution in [0.1, 0.15) is 33.3 Å². The molecule has 0 aliphatic carbocycles. The SMILES string of the molecule is COc1ccc(COC[C@H](C)[C@@H]2OC(O)C(C)(C)S[C@@H]2C)cc1. The molecule has 1 aliphatic rings. The van der Waals surface area contributed by atoms with Crippen LogP contribution in [0.4, 0.5) is 0 Å². The molecule has 1 unspecified atom stereocenters. The first-order chi connectivity index (χ1) is 10.8. The highest BCUT2D eigenvalue weighted by Crippen LogP contribution is 2.41. The Morgan fingerprint density at radius 3 is 2.57 bits per heavy atom. The molecule has 0 bridgehead atoms. The van der Waals surface area contributed by atoms with Crippen molar-refractivity contribution in [1.29, 1.82) is 0 Å². The van der Waals surface area contributed by atoms with Gasteiger partial charge >= 0.3 is 0 Å². The Kier molecular flexibility index (Phi) is 6.37. The Bertz CT molecular complexity index is 488. The second-order valence-electron chi connectivity index (χ2n) is 6.72. The summed E-state index contributed by atoms with van der Waals surface area (Å²) in [6.45, 7) is 9.47. The van der Waals surface area contributed by atoms with Crippen LogP contribution in [0.5, 0.6) is 5.75 Å². The van der Waals surface area contributed by atoms with E-state index in [0.29, 0.717) is 18.5 Å². The highest BCUT2D eigenvalue weighted by atomic mass is 32.2. The minimum atomic E-state index is -0.738. The van der Waals surface area contributed by atoms with Gasteiger partial charge in [0.1, 0.15) is 5.75 Å². The van der Waals surface area contributed by atoms with Crippen molar-refractivity contribution < 1.29 is 19.3 Å². The molecule has 1 aromatic carbocycles. The molecule has 2 rings (SSSR count). The molecule has 4 nitrogen and oxygen atoms in total. The fourth-order valence-electron chi connectivity index (χ4n) is 2.80. The number of rotatable bonds is 6. The second-order valence-corrected chi connectivity index (χ2v) is 8.75. The van der Waals surface area contributed by atoms with E-state index in [4.69, 9.17) is 14.2 Å². The van der Waals surface area contributed by atoms with Crippen LogP contribution < -0.4 is 4.74 Å². The minimum absolute atomic E-state index is 0.00103. The Morgan fingerprint density at radius 2 is 1.96 bits per heavy atom. The second kappa shape index (κ2) is 7.88. The lowest BCUT2D eigenvalue weighted by atomic mass is 10.0. The van der Waals surface area contributed by atoms with E-state index in [1.54, 1.807) is 18.9 Å². The molecule has 1 aliphatic heterocycles. The van der Waals surface area contributed by atoms with Crippen LogP contribution in [0.3, 0.4) is 0 Å². The Labute approximate surface area is 143 Å². The molecule has 130 valence electrons. The molecule has 1 saturated heterocycles. The average molecular weight is 340 g/mol. The molecular weight excluding hydrogens is 312 g/mol. The zero-order valence-electron chi connectivity index (χ0n) is 14.6. The molecule has 1 heterocycles. The third kappa shape index (κ3) is 4.86. The highest BCUT2D eigenvalue weighted by molar-refractivity contribution is 8.01. The molecule has 1 fully saturated rings. The van der Waals surface area contributed by atoms with E-state index in [0.717, 1.165) is 11.3 Å². The van der Waals surface area contributed by atoms with E-state index in [1.165, 1.54) is 0 Å². The van der Waals surface area contributed by atoms with Crippen molar-refractivity contribution in [2.45, 2.75) is 56.7 Å². The van der Waals surface area contributed by atoms with Gasteiger partial charge in [0, 0.05) is 11.2 Å². The Balaban J connectivity index is 1.81. The van der Waals surface area contributed by atoms with Gasteiger partial charge in [-0.1, -0.05) is 26.0 Å². The van der Waals surface area contributed by atoms with Gasteiger partial charge in [-0.3, -0.25) is 0 Å². The van der Waals surface area contributed by atoms with Crippen molar-refractivity contribution >= 4 is 11.8 Å². The number of thioether (sulfide) groups is 1. The van der Waals surface area contributed by atoms with E-state index in [-0.39, 0.29) is 16.8 Å². The summed E-state index contributed by atoms with van der Waals surface area (Å²) in [6, 6.07) is 7.88. The van der Waals surface area contributed by atoms with Gasteiger partial charge < -0.3 is 19.3 Å². The first-order valence-electron chi connectivity index (χ1n) is 8.05. The lowest BCUT2D eigenvalue weighted by Crippen LogP contribution is -2.50. The summed E-state index contributed by atoms with van der Waals surface area (Å²) in [6.07, 6.45) is -0.739. The number of hydrogen-bond donors (Lipinski definition) is 1. The van der Waals surface area contributed by atoms with Crippen molar-refractivity contribution in [1.82, 2.24) is 0 Å². The number of ether oxygens (including phenoxy) is 3. The maximum atomic E-state index is 10.1. The summed E-state index contributed by atoms with van der Waals surface area (Å²) in [5, 5.41) is 10.5. The van der Waals surface area contributed by atoms with Gasteiger partial charge in [0.05, 0.1) is 31.2 Å². The number of aliphatic hydroxyl groups is 1. The fourth-order valence-corrected chi connectivity index (χ4v) is 4.40. The first-order valence-corrected chi connectivity index (χ1v) is 8.93. The summed E-state index contributed by atoms with van der Waals surface area (Å²) in [5.74, 6) is 1.07. The molecule has 0 amide bonds. The summed E-state index contributed by atoms with van der Waals surface area (Å²) in [4.78, 5) is 0. The Morgan fingerprint density at radius 1 is 1.30 bits per heavy atom. The van der Waals surface area contributed by atoms with Crippen molar-refractivity contribution in [2.75, 3.05) is 13.7 Å². The van der Waals surface area contributed by atoms with Crippen LogP contribution in [0.15, 0.2) is 24.3 Å². The maximum absolute atomic E-state index is 10.1. The van der Waals surface area contributed by atoms with Gasteiger partial charge in [-0.15, -0.1) is 11.8 Å². The fraction of sp³-hybridized carbons (Fsp3) is 0.667. The lowest BCUT2D eigenvalue weighted by molar-refractivity contribution is -0.174. The highest BCUT2D eigenvalue weighted by Gasteiger charge is 2.42. The topological polar surface area (TPSA) is 47.9 Å². The molecule has 0 aromatic heterocycles. The average Bonchev–Trinajstić information content (AvgIpc) is 2.51. The predicted molar refractivity (Wildman–Crippen MR) is 93.8 cm³/mol. The zero-order chi connectivity index (χ0) is 17.0. The van der Waals surface area contributed by atoms with Gasteiger partial charge in [0.15, 0.2) is 6.29 Å². The van der Waals surface area contributed by atoms with Crippen LogP contribution in [0.25, 0.3) is 0 Å². The van der Waals surface area contributed by atoms with E-state index in [9.17, 15) is 5.11 Å². The molecule has 4 atom stereocenters. The molecule has 0 spiro atoms. The molecule has 1 aromatic rings. The van der Waals surface area contributed by atoms with E-state index in [1.807, 2.05) is 38.1 Å². The Hall–Kier alpha value is -0.750. The number of benzene rings is 1. The van der Waals surface area contributed by atoms with Crippen molar-refractivity contribution in [3.05, 3.63) is 29.8 Å². The molecule has 0 radical (unpaired) electrons. The van der Waals surface area contributed by atoms with Gasteiger partial charge in [-0.2, -0.15) is 0 Å². The monoisotopic (exact) mass is 340 g/mol. The zero-order valence-corrected chi connectivity index (χ0v) is 15.4. The normalized spacial score (nSPS) is 28.3. The van der Waals surface area contributed by atoms with Gasteiger partial charge in [0.2, 0.25) is 0 Å². The summed E-state index contributed by atoms with van der Waals surface area (Å²) in [7, 11) is 1.66. The molecule has 0 saturated carbocycles. The number of methoxy groups -OCH3 is 1. The van der Waals surface area contributed by atoms with Crippen LogP contribution in [-0.2, 0) is 16.1 Å². The quantitative estimate of drug-likeness (QED) is 0.859. The third-order valence-electron chi connectivity index (χ3n) is 4.20. The van der Waals surface area contributed by atoms with E-state index in [2.05, 4.69) is 13.8 Å². The summed E-state index contributed by atoms with van der Waals surface area (Å²) >= 11 is 1.78. The van der Waals surface area contributed by atoms with E-state index >= 15 is 0 Å². The van der Waals surface area contributed by atoms with Crippen LogP contribution >= 0.6 is 11.8 Å². The maximum Gasteiger partial charge on any atom is 0.169 e. The van der Waals surface area contributed by atoms with Crippen molar-refractivity contribution in [3.63, 3.8) is 0 Å². The third-order valence-corrected chi connectivity index (χ3v) is 5.65. The van der Waals surface area contributed by atoms with Gasteiger partial charge in [-0.05, 0) is 31.5 Å². The van der Waals surface area contributed by atoms with Gasteiger partial charge in [0.25, 0.3) is 0 Å². The van der Waals surface area contributed by atoms with Gasteiger partial charge in [-0.25, -0.2) is 0 Å². The lowest BCUT2D eigenvalue weighted by Gasteiger charge is -2.44. The molecule has 1 N–H and O–H groups in total. The number of aliphatic hydroxyl groups excluding tert-OH is 1. The van der Waals surface area contributed by atoms with Crippen molar-refractivity contribution in [2.24, 2.45) is 5.92 Å². The van der Waals surface area contributed by atoms with E-state index < -0.39 is 6.29 Å². The van der Waals surface area contributed by atoms with Crippen molar-refractivity contribution in [3.8, 4) is 5.75 Å². The largest absolute Gasteiger partial charge is 0.497 e. The van der Waals surface area contributed by atoms with Crippen LogP contribution in [0.2, 0.25) is 0 Å². The molecule has 23 heavy (non-hydrogen) atoms. The predicted octanol–water partition coefficient (Wildman–Crippen LogP) is 3.47. The molecular formula is C18H28O4S. The smallest absolute Gasteiger partial charge is 0.169 e. The minimum Gasteiger partial charge on any atom is -0.497 e. The molecule has 5 heteroatoms.